The number of hydrogen-bond donors (Lipinski definition) is 2. The predicted octanol–water partition coefficient (Wildman–Crippen LogP) is 4.53. The minimum Gasteiger partial charge on any atom is -0.361 e. The van der Waals surface area contributed by atoms with E-state index in [0.29, 0.717) is 5.75 Å². The summed E-state index contributed by atoms with van der Waals surface area (Å²) in [5.74, 6) is 0.323. The molecule has 0 atom stereocenters. The van der Waals surface area contributed by atoms with Gasteiger partial charge in [0.15, 0.2) is 0 Å². The largest absolute Gasteiger partial charge is 0.361 e. The normalized spacial score (nSPS) is 14.9. The summed E-state index contributed by atoms with van der Waals surface area (Å²) in [4.78, 5) is 17.2. The van der Waals surface area contributed by atoms with Gasteiger partial charge in [-0.1, -0.05) is 55.1 Å². The van der Waals surface area contributed by atoms with Gasteiger partial charge in [-0.25, -0.2) is 0 Å². The maximum absolute atomic E-state index is 12.4. The van der Waals surface area contributed by atoms with Gasteiger partial charge in [0.25, 0.3) is 0 Å². The number of para-hydroxylation sites is 2. The van der Waals surface area contributed by atoms with Crippen LogP contribution in [-0.2, 0) is 11.2 Å². The molecule has 0 unspecified atom stereocenters. The van der Waals surface area contributed by atoms with Crippen molar-refractivity contribution < 1.29 is 4.79 Å². The fourth-order valence-corrected chi connectivity index (χ4v) is 3.80. The van der Waals surface area contributed by atoms with Crippen LogP contribution in [0.1, 0.15) is 31.9 Å². The van der Waals surface area contributed by atoms with Crippen LogP contribution in [0, 0.1) is 0 Å². The SMILES string of the molecule is CCc1ccccc1NC(=O)CSC1=NC(C)(C)Nc2ccccc21. The smallest absolute Gasteiger partial charge is 0.234 e. The summed E-state index contributed by atoms with van der Waals surface area (Å²) in [6.45, 7) is 6.14. The summed E-state index contributed by atoms with van der Waals surface area (Å²) in [5, 5.41) is 7.32. The zero-order valence-electron chi connectivity index (χ0n) is 14.8. The molecule has 0 saturated carbocycles. The lowest BCUT2D eigenvalue weighted by atomic mass is 10.1. The van der Waals surface area contributed by atoms with Gasteiger partial charge in [0.1, 0.15) is 10.7 Å². The van der Waals surface area contributed by atoms with Gasteiger partial charge in [0.2, 0.25) is 5.91 Å². The Bertz CT molecular complexity index is 814. The molecule has 0 spiro atoms. The molecule has 1 aliphatic heterocycles. The van der Waals surface area contributed by atoms with Crippen molar-refractivity contribution in [2.24, 2.45) is 4.99 Å². The molecule has 0 saturated heterocycles. The first-order valence-electron chi connectivity index (χ1n) is 8.46. The molecule has 1 heterocycles. The maximum Gasteiger partial charge on any atom is 0.234 e. The number of benzene rings is 2. The molecule has 1 aliphatic rings. The molecule has 1 amide bonds. The molecule has 2 N–H and O–H groups in total. The van der Waals surface area contributed by atoms with E-state index in [-0.39, 0.29) is 11.6 Å². The van der Waals surface area contributed by atoms with Crippen molar-refractivity contribution in [3.8, 4) is 0 Å². The van der Waals surface area contributed by atoms with Crippen LogP contribution in [0.2, 0.25) is 0 Å². The topological polar surface area (TPSA) is 53.5 Å². The first-order valence-corrected chi connectivity index (χ1v) is 9.45. The number of hydrogen-bond acceptors (Lipinski definition) is 4. The molecule has 0 fully saturated rings. The van der Waals surface area contributed by atoms with E-state index in [0.717, 1.165) is 34.0 Å². The molecule has 25 heavy (non-hydrogen) atoms. The predicted molar refractivity (Wildman–Crippen MR) is 108 cm³/mol. The Kier molecular flexibility index (Phi) is 5.13. The van der Waals surface area contributed by atoms with Crippen LogP contribution in [0.25, 0.3) is 0 Å². The molecule has 0 bridgehead atoms. The van der Waals surface area contributed by atoms with Gasteiger partial charge >= 0.3 is 0 Å². The highest BCUT2D eigenvalue weighted by atomic mass is 32.2. The van der Waals surface area contributed by atoms with Crippen molar-refractivity contribution in [1.29, 1.82) is 0 Å². The molecule has 5 heteroatoms. The number of nitrogens with one attached hydrogen (secondary N) is 2. The highest BCUT2D eigenvalue weighted by molar-refractivity contribution is 8.15. The minimum atomic E-state index is -0.373. The Morgan fingerprint density at radius 3 is 2.68 bits per heavy atom. The fraction of sp³-hybridized carbons (Fsp3) is 0.300. The summed E-state index contributed by atoms with van der Waals surface area (Å²) in [6, 6.07) is 16.0. The zero-order chi connectivity index (χ0) is 17.9. The van der Waals surface area contributed by atoms with E-state index in [1.165, 1.54) is 11.8 Å². The monoisotopic (exact) mass is 353 g/mol. The zero-order valence-corrected chi connectivity index (χ0v) is 15.6. The lowest BCUT2D eigenvalue weighted by molar-refractivity contribution is -0.113. The number of amides is 1. The summed E-state index contributed by atoms with van der Waals surface area (Å²) in [6.07, 6.45) is 0.892. The van der Waals surface area contributed by atoms with E-state index in [1.54, 1.807) is 0 Å². The molecule has 0 aliphatic carbocycles. The lowest BCUT2D eigenvalue weighted by Gasteiger charge is -2.30. The molecule has 0 aromatic heterocycles. The summed E-state index contributed by atoms with van der Waals surface area (Å²) >= 11 is 1.48. The van der Waals surface area contributed by atoms with Crippen molar-refractivity contribution in [3.05, 3.63) is 59.7 Å². The van der Waals surface area contributed by atoms with Crippen molar-refractivity contribution in [2.45, 2.75) is 32.9 Å². The lowest BCUT2D eigenvalue weighted by Crippen LogP contribution is -2.34. The molecule has 2 aromatic carbocycles. The minimum absolute atomic E-state index is 0.0116. The van der Waals surface area contributed by atoms with E-state index < -0.39 is 0 Å². The van der Waals surface area contributed by atoms with Crippen LogP contribution in [0.3, 0.4) is 0 Å². The van der Waals surface area contributed by atoms with Crippen LogP contribution in [0.4, 0.5) is 11.4 Å². The Hall–Kier alpha value is -2.27. The third-order valence-electron chi connectivity index (χ3n) is 3.99. The highest BCUT2D eigenvalue weighted by Crippen LogP contribution is 2.31. The summed E-state index contributed by atoms with van der Waals surface area (Å²) in [5.41, 5.74) is 3.77. The molecular formula is C20H23N3OS. The molecule has 2 aromatic rings. The third kappa shape index (κ3) is 4.23. The Labute approximate surface area is 153 Å². The standard InChI is InChI=1S/C20H23N3OS/c1-4-14-9-5-7-11-16(14)21-18(24)13-25-19-15-10-6-8-12-17(15)22-20(2,3)23-19/h5-12,22H,4,13H2,1-3H3,(H,21,24). The van der Waals surface area contributed by atoms with Crippen LogP contribution < -0.4 is 10.6 Å². The van der Waals surface area contributed by atoms with Gasteiger partial charge in [-0.3, -0.25) is 9.79 Å². The van der Waals surface area contributed by atoms with Crippen LogP contribution in [-0.4, -0.2) is 22.4 Å². The second-order valence-corrected chi connectivity index (χ2v) is 7.46. The number of aliphatic imine (C=N–C) groups is 1. The summed E-state index contributed by atoms with van der Waals surface area (Å²) in [7, 11) is 0. The van der Waals surface area contributed by atoms with Crippen molar-refractivity contribution >= 4 is 34.1 Å². The van der Waals surface area contributed by atoms with Crippen molar-refractivity contribution in [2.75, 3.05) is 16.4 Å². The average molecular weight is 353 g/mol. The second-order valence-electron chi connectivity index (χ2n) is 6.49. The van der Waals surface area contributed by atoms with Crippen molar-refractivity contribution in [1.82, 2.24) is 0 Å². The fourth-order valence-electron chi connectivity index (χ4n) is 2.83. The molecule has 4 nitrogen and oxygen atoms in total. The molecule has 130 valence electrons. The van der Waals surface area contributed by atoms with Gasteiger partial charge in [-0.15, -0.1) is 0 Å². The van der Waals surface area contributed by atoms with Crippen LogP contribution in [0.15, 0.2) is 53.5 Å². The highest BCUT2D eigenvalue weighted by Gasteiger charge is 2.26. The molecule has 3 rings (SSSR count). The van der Waals surface area contributed by atoms with E-state index in [4.69, 9.17) is 4.99 Å². The number of rotatable bonds is 4. The number of anilines is 2. The molecular weight excluding hydrogens is 330 g/mol. The Morgan fingerprint density at radius 1 is 1.16 bits per heavy atom. The third-order valence-corrected chi connectivity index (χ3v) is 4.98. The first kappa shape index (κ1) is 17.5. The first-order chi connectivity index (χ1) is 12.0. The average Bonchev–Trinajstić information content (AvgIpc) is 2.59. The van der Waals surface area contributed by atoms with E-state index in [9.17, 15) is 4.79 Å². The number of thioether (sulfide) groups is 1. The molecule has 0 radical (unpaired) electrons. The van der Waals surface area contributed by atoms with E-state index >= 15 is 0 Å². The van der Waals surface area contributed by atoms with Gasteiger partial charge in [-0.05, 0) is 38.0 Å². The maximum atomic E-state index is 12.4. The van der Waals surface area contributed by atoms with Crippen LogP contribution in [0.5, 0.6) is 0 Å². The van der Waals surface area contributed by atoms with Crippen LogP contribution >= 0.6 is 11.8 Å². The number of fused-ring (bicyclic) bond motifs is 1. The Balaban J connectivity index is 1.70. The quantitative estimate of drug-likeness (QED) is 0.849. The number of aryl methyl sites for hydroxylation is 1. The number of carbonyl (C=O) groups is 1. The van der Waals surface area contributed by atoms with Gasteiger partial charge < -0.3 is 10.6 Å². The van der Waals surface area contributed by atoms with E-state index in [1.807, 2.05) is 62.4 Å². The van der Waals surface area contributed by atoms with Crippen molar-refractivity contribution in [3.63, 3.8) is 0 Å². The van der Waals surface area contributed by atoms with Gasteiger partial charge in [0.05, 0.1) is 5.75 Å². The Morgan fingerprint density at radius 2 is 1.88 bits per heavy atom. The number of nitrogens with zero attached hydrogens (tertiary/aromatic N) is 1. The second kappa shape index (κ2) is 7.31. The van der Waals surface area contributed by atoms with Gasteiger partial charge in [0, 0.05) is 16.9 Å². The number of carbonyl (C=O) groups excluding carboxylic acids is 1. The van der Waals surface area contributed by atoms with Gasteiger partial charge in [-0.2, -0.15) is 0 Å². The summed E-state index contributed by atoms with van der Waals surface area (Å²) < 4.78 is 0. The van der Waals surface area contributed by atoms with E-state index in [2.05, 4.69) is 17.6 Å².